The standard InChI is InChI=1S/C14H21BrN2O3/c1-4-20-12-6-5-10(15)9-11(12)16-13(19)17-14(2,3)7-8-18/h5-6,9,18H,4,7-8H2,1-3H3,(H2,16,17,19). The molecule has 0 fully saturated rings. The number of aliphatic hydroxyl groups excluding tert-OH is 1. The topological polar surface area (TPSA) is 70.6 Å². The Balaban J connectivity index is 2.77. The number of anilines is 1. The molecular formula is C14H21BrN2O3. The molecule has 5 nitrogen and oxygen atoms in total. The molecule has 0 aliphatic rings. The molecule has 0 bridgehead atoms. The van der Waals surface area contributed by atoms with Crippen molar-refractivity contribution in [3.8, 4) is 5.75 Å². The predicted molar refractivity (Wildman–Crippen MR) is 83.2 cm³/mol. The normalized spacial score (nSPS) is 11.1. The molecule has 1 rings (SSSR count). The summed E-state index contributed by atoms with van der Waals surface area (Å²) < 4.78 is 6.32. The summed E-state index contributed by atoms with van der Waals surface area (Å²) in [6, 6.07) is 5.10. The van der Waals surface area contributed by atoms with Gasteiger partial charge in [0.25, 0.3) is 0 Å². The van der Waals surface area contributed by atoms with Crippen LogP contribution in [0.2, 0.25) is 0 Å². The molecule has 0 saturated heterocycles. The molecule has 0 radical (unpaired) electrons. The highest BCUT2D eigenvalue weighted by molar-refractivity contribution is 9.10. The van der Waals surface area contributed by atoms with Gasteiger partial charge in [-0.2, -0.15) is 0 Å². The molecule has 1 aromatic rings. The lowest BCUT2D eigenvalue weighted by Crippen LogP contribution is -2.46. The van der Waals surface area contributed by atoms with Crippen molar-refractivity contribution in [1.29, 1.82) is 0 Å². The molecule has 0 aliphatic carbocycles. The number of hydrogen-bond donors (Lipinski definition) is 3. The summed E-state index contributed by atoms with van der Waals surface area (Å²) in [6.45, 7) is 6.14. The molecule has 0 unspecified atom stereocenters. The van der Waals surface area contributed by atoms with E-state index in [1.54, 1.807) is 12.1 Å². The minimum absolute atomic E-state index is 0.0222. The molecule has 1 aromatic carbocycles. The van der Waals surface area contributed by atoms with Gasteiger partial charge in [-0.15, -0.1) is 0 Å². The average molecular weight is 345 g/mol. The maximum absolute atomic E-state index is 12.0. The van der Waals surface area contributed by atoms with E-state index < -0.39 is 5.54 Å². The first-order chi connectivity index (χ1) is 9.38. The number of halogens is 1. The Hall–Kier alpha value is -1.27. The van der Waals surface area contributed by atoms with E-state index in [2.05, 4.69) is 26.6 Å². The summed E-state index contributed by atoms with van der Waals surface area (Å²) in [5, 5.41) is 14.5. The highest BCUT2D eigenvalue weighted by atomic mass is 79.9. The average Bonchev–Trinajstić information content (AvgIpc) is 2.31. The molecule has 112 valence electrons. The van der Waals surface area contributed by atoms with Gasteiger partial charge < -0.3 is 20.5 Å². The monoisotopic (exact) mass is 344 g/mol. The van der Waals surface area contributed by atoms with Crippen molar-refractivity contribution in [2.45, 2.75) is 32.7 Å². The number of carbonyl (C=O) groups is 1. The van der Waals surface area contributed by atoms with Crippen molar-refractivity contribution in [2.24, 2.45) is 0 Å². The third-order valence-corrected chi connectivity index (χ3v) is 3.17. The summed E-state index contributed by atoms with van der Waals surface area (Å²) >= 11 is 3.36. The summed E-state index contributed by atoms with van der Waals surface area (Å²) in [7, 11) is 0. The molecule has 3 N–H and O–H groups in total. The second-order valence-corrected chi connectivity index (χ2v) is 5.93. The Morgan fingerprint density at radius 3 is 2.75 bits per heavy atom. The molecular weight excluding hydrogens is 324 g/mol. The van der Waals surface area contributed by atoms with Gasteiger partial charge >= 0.3 is 6.03 Å². The molecule has 2 amide bonds. The van der Waals surface area contributed by atoms with Gasteiger partial charge in [-0.25, -0.2) is 4.79 Å². The van der Waals surface area contributed by atoms with Gasteiger partial charge in [0, 0.05) is 16.6 Å². The number of amides is 2. The summed E-state index contributed by atoms with van der Waals surface area (Å²) in [5.74, 6) is 0.616. The van der Waals surface area contributed by atoms with Gasteiger partial charge in [0.1, 0.15) is 5.75 Å². The first kappa shape index (κ1) is 16.8. The largest absolute Gasteiger partial charge is 0.492 e. The van der Waals surface area contributed by atoms with Crippen molar-refractivity contribution in [3.05, 3.63) is 22.7 Å². The van der Waals surface area contributed by atoms with Crippen molar-refractivity contribution in [2.75, 3.05) is 18.5 Å². The Labute approximate surface area is 127 Å². The number of nitrogens with one attached hydrogen (secondary N) is 2. The second-order valence-electron chi connectivity index (χ2n) is 5.01. The SMILES string of the molecule is CCOc1ccc(Br)cc1NC(=O)NC(C)(C)CCO. The third kappa shape index (κ3) is 5.38. The summed E-state index contributed by atoms with van der Waals surface area (Å²) in [4.78, 5) is 12.0. The second kappa shape index (κ2) is 7.50. The van der Waals surface area contributed by atoms with Crippen LogP contribution in [-0.4, -0.2) is 29.9 Å². The van der Waals surface area contributed by atoms with Gasteiger partial charge in [0.15, 0.2) is 0 Å². The minimum Gasteiger partial charge on any atom is -0.492 e. The molecule has 0 aliphatic heterocycles. The first-order valence-electron chi connectivity index (χ1n) is 6.50. The number of rotatable bonds is 6. The molecule has 0 heterocycles. The first-order valence-corrected chi connectivity index (χ1v) is 7.29. The number of ether oxygens (including phenoxy) is 1. The number of carbonyl (C=O) groups excluding carboxylic acids is 1. The molecule has 20 heavy (non-hydrogen) atoms. The van der Waals surface area contributed by atoms with E-state index in [1.807, 2.05) is 26.8 Å². The molecule has 0 atom stereocenters. The maximum atomic E-state index is 12.0. The van der Waals surface area contributed by atoms with Crippen LogP contribution in [0.4, 0.5) is 10.5 Å². The minimum atomic E-state index is -0.476. The summed E-state index contributed by atoms with van der Waals surface area (Å²) in [6.07, 6.45) is 0.483. The van der Waals surface area contributed by atoms with E-state index in [-0.39, 0.29) is 12.6 Å². The van der Waals surface area contributed by atoms with E-state index in [9.17, 15) is 4.79 Å². The summed E-state index contributed by atoms with van der Waals surface area (Å²) in [5.41, 5.74) is 0.120. The Morgan fingerprint density at radius 1 is 1.45 bits per heavy atom. The van der Waals surface area contributed by atoms with Crippen molar-refractivity contribution in [1.82, 2.24) is 5.32 Å². The highest BCUT2D eigenvalue weighted by Gasteiger charge is 2.20. The van der Waals surface area contributed by atoms with Gasteiger partial charge in [0.2, 0.25) is 0 Å². The van der Waals surface area contributed by atoms with Gasteiger partial charge in [-0.05, 0) is 45.4 Å². The maximum Gasteiger partial charge on any atom is 0.319 e. The van der Waals surface area contributed by atoms with Crippen LogP contribution in [0.3, 0.4) is 0 Å². The lowest BCUT2D eigenvalue weighted by molar-refractivity contribution is 0.218. The van der Waals surface area contributed by atoms with Crippen LogP contribution >= 0.6 is 15.9 Å². The fraction of sp³-hybridized carbons (Fsp3) is 0.500. The molecule has 0 aromatic heterocycles. The van der Waals surface area contributed by atoms with Crippen molar-refractivity contribution < 1.29 is 14.6 Å². The molecule has 0 spiro atoms. The molecule has 6 heteroatoms. The van der Waals surface area contributed by atoms with Crippen LogP contribution in [0.15, 0.2) is 22.7 Å². The van der Waals surface area contributed by atoms with Crippen LogP contribution in [0.1, 0.15) is 27.2 Å². The Kier molecular flexibility index (Phi) is 6.29. The fourth-order valence-electron chi connectivity index (χ4n) is 1.68. The zero-order chi connectivity index (χ0) is 15.2. The fourth-order valence-corrected chi connectivity index (χ4v) is 2.05. The smallest absolute Gasteiger partial charge is 0.319 e. The number of urea groups is 1. The Morgan fingerprint density at radius 2 is 2.15 bits per heavy atom. The molecule has 0 saturated carbocycles. The van der Waals surface area contributed by atoms with Crippen LogP contribution in [-0.2, 0) is 0 Å². The van der Waals surface area contributed by atoms with E-state index in [0.29, 0.717) is 24.5 Å². The lowest BCUT2D eigenvalue weighted by atomic mass is 10.0. The number of aliphatic hydroxyl groups is 1. The zero-order valence-electron chi connectivity index (χ0n) is 12.0. The van der Waals surface area contributed by atoms with Crippen molar-refractivity contribution >= 4 is 27.6 Å². The van der Waals surface area contributed by atoms with Crippen molar-refractivity contribution in [3.63, 3.8) is 0 Å². The van der Waals surface area contributed by atoms with E-state index in [4.69, 9.17) is 9.84 Å². The number of hydrogen-bond acceptors (Lipinski definition) is 3. The van der Waals surface area contributed by atoms with Crippen LogP contribution in [0, 0.1) is 0 Å². The van der Waals surface area contributed by atoms with Crippen LogP contribution < -0.4 is 15.4 Å². The van der Waals surface area contributed by atoms with Crippen LogP contribution in [0.25, 0.3) is 0 Å². The zero-order valence-corrected chi connectivity index (χ0v) is 13.6. The number of benzene rings is 1. The van der Waals surface area contributed by atoms with Crippen LogP contribution in [0.5, 0.6) is 5.75 Å². The lowest BCUT2D eigenvalue weighted by Gasteiger charge is -2.25. The van der Waals surface area contributed by atoms with Gasteiger partial charge in [-0.3, -0.25) is 0 Å². The van der Waals surface area contributed by atoms with Gasteiger partial charge in [0.05, 0.1) is 12.3 Å². The van der Waals surface area contributed by atoms with Gasteiger partial charge in [-0.1, -0.05) is 15.9 Å². The van der Waals surface area contributed by atoms with E-state index in [1.165, 1.54) is 0 Å². The third-order valence-electron chi connectivity index (χ3n) is 2.68. The van der Waals surface area contributed by atoms with E-state index in [0.717, 1.165) is 4.47 Å². The Bertz CT molecular complexity index is 464. The van der Waals surface area contributed by atoms with E-state index >= 15 is 0 Å². The predicted octanol–water partition coefficient (Wildman–Crippen LogP) is 3.13. The highest BCUT2D eigenvalue weighted by Crippen LogP contribution is 2.28. The quantitative estimate of drug-likeness (QED) is 0.742.